The minimum absolute atomic E-state index is 0.0332. The van der Waals surface area contributed by atoms with Crippen molar-refractivity contribution in [3.8, 4) is 11.5 Å². The molecule has 8 heteroatoms. The second kappa shape index (κ2) is 11.4. The molecule has 8 nitrogen and oxygen atoms in total. The van der Waals surface area contributed by atoms with Gasteiger partial charge in [0, 0.05) is 24.9 Å². The number of hydrogen-bond acceptors (Lipinski definition) is 7. The summed E-state index contributed by atoms with van der Waals surface area (Å²) in [7, 11) is 0. The molecule has 0 spiro atoms. The van der Waals surface area contributed by atoms with Crippen LogP contribution >= 0.6 is 0 Å². The number of likely N-dealkylation sites (tertiary alicyclic amines) is 1. The molecular formula is C23H30N2O6. The van der Waals surface area contributed by atoms with Crippen molar-refractivity contribution in [3.63, 3.8) is 0 Å². The Bertz CT molecular complexity index is 843. The molecule has 0 radical (unpaired) electrons. The van der Waals surface area contributed by atoms with Crippen molar-refractivity contribution in [1.29, 1.82) is 0 Å². The third-order valence-electron chi connectivity index (χ3n) is 5.32. The van der Waals surface area contributed by atoms with Crippen LogP contribution in [0.1, 0.15) is 60.9 Å². The number of rotatable bonds is 4. The molecule has 2 aliphatic heterocycles. The molecule has 0 aliphatic carbocycles. The first kappa shape index (κ1) is 22.7. The summed E-state index contributed by atoms with van der Waals surface area (Å²) in [4.78, 5) is 32.1. The van der Waals surface area contributed by atoms with Crippen molar-refractivity contribution in [2.45, 2.75) is 44.9 Å². The number of aromatic hydroxyl groups is 2. The number of phenolic OH excluding ortho intramolecular Hbond substituents is 2. The second-order valence-electron chi connectivity index (χ2n) is 7.75. The molecule has 1 aromatic rings. The van der Waals surface area contributed by atoms with Gasteiger partial charge in [0.1, 0.15) is 23.7 Å². The summed E-state index contributed by atoms with van der Waals surface area (Å²) in [6.45, 7) is 1.52. The van der Waals surface area contributed by atoms with E-state index in [9.17, 15) is 19.8 Å². The highest BCUT2D eigenvalue weighted by Gasteiger charge is 2.20. The first-order chi connectivity index (χ1) is 15.0. The summed E-state index contributed by atoms with van der Waals surface area (Å²) in [6, 6.07) is 2.48. The zero-order valence-electron chi connectivity index (χ0n) is 17.6. The third kappa shape index (κ3) is 6.75. The number of phenols is 2. The molecule has 2 aliphatic rings. The molecule has 3 N–H and O–H groups in total. The van der Waals surface area contributed by atoms with Crippen LogP contribution in [-0.4, -0.2) is 53.3 Å². The van der Waals surface area contributed by atoms with Gasteiger partial charge in [-0.3, -0.25) is 15.1 Å². The van der Waals surface area contributed by atoms with Crippen molar-refractivity contribution < 1.29 is 29.4 Å². The van der Waals surface area contributed by atoms with Crippen molar-refractivity contribution in [2.24, 2.45) is 0 Å². The lowest BCUT2D eigenvalue weighted by Crippen LogP contribution is -2.39. The number of allylic oxidation sites excluding steroid dienone is 2. The summed E-state index contributed by atoms with van der Waals surface area (Å²) in [5, 5.41) is 20.2. The molecule has 0 saturated carbocycles. The summed E-state index contributed by atoms with van der Waals surface area (Å²) >= 11 is 0. The zero-order chi connectivity index (χ0) is 22.1. The average molecular weight is 431 g/mol. The van der Waals surface area contributed by atoms with E-state index in [2.05, 4.69) is 5.48 Å². The Morgan fingerprint density at radius 2 is 1.90 bits per heavy atom. The molecular weight excluding hydrogens is 400 g/mol. The average Bonchev–Trinajstić information content (AvgIpc) is 2.76. The number of cyclic esters (lactones) is 1. The molecule has 0 atom stereocenters. The SMILES string of the molecule is O=C1OCC=CCCCC/C(NOCC(=O)N2CCCCC2)=C/c2cc(O)cc(O)c21. The molecule has 1 fully saturated rings. The monoisotopic (exact) mass is 430 g/mol. The number of benzene rings is 1. The highest BCUT2D eigenvalue weighted by molar-refractivity contribution is 5.97. The smallest absolute Gasteiger partial charge is 0.342 e. The van der Waals surface area contributed by atoms with Crippen LogP contribution in [0.3, 0.4) is 0 Å². The van der Waals surface area contributed by atoms with Crippen LogP contribution in [0, 0.1) is 0 Å². The second-order valence-corrected chi connectivity index (χ2v) is 7.75. The molecule has 0 unspecified atom stereocenters. The van der Waals surface area contributed by atoms with Crippen LogP contribution < -0.4 is 5.48 Å². The number of piperidine rings is 1. The summed E-state index contributed by atoms with van der Waals surface area (Å²) < 4.78 is 5.22. The Balaban J connectivity index is 1.76. The van der Waals surface area contributed by atoms with Gasteiger partial charge in [-0.05, 0) is 62.7 Å². The van der Waals surface area contributed by atoms with E-state index in [1.165, 1.54) is 6.07 Å². The minimum atomic E-state index is -0.687. The van der Waals surface area contributed by atoms with Gasteiger partial charge < -0.3 is 19.8 Å². The van der Waals surface area contributed by atoms with Gasteiger partial charge in [-0.15, -0.1) is 0 Å². The van der Waals surface area contributed by atoms with Crippen molar-refractivity contribution in [1.82, 2.24) is 10.4 Å². The lowest BCUT2D eigenvalue weighted by atomic mass is 10.0. The Labute approximate surface area is 182 Å². The first-order valence-corrected chi connectivity index (χ1v) is 10.8. The lowest BCUT2D eigenvalue weighted by Gasteiger charge is -2.26. The third-order valence-corrected chi connectivity index (χ3v) is 5.32. The number of amides is 1. The Kier molecular flexibility index (Phi) is 8.35. The van der Waals surface area contributed by atoms with Crippen LogP contribution in [0.4, 0.5) is 0 Å². The Morgan fingerprint density at radius 1 is 1.10 bits per heavy atom. The number of esters is 1. The number of nitrogens with one attached hydrogen (secondary N) is 1. The van der Waals surface area contributed by atoms with Crippen molar-refractivity contribution >= 4 is 18.0 Å². The van der Waals surface area contributed by atoms with Crippen LogP contribution in [0.2, 0.25) is 0 Å². The Hall–Kier alpha value is -3.00. The van der Waals surface area contributed by atoms with Crippen LogP contribution in [-0.2, 0) is 14.4 Å². The molecule has 168 valence electrons. The summed E-state index contributed by atoms with van der Waals surface area (Å²) in [5.41, 5.74) is 3.74. The fraction of sp³-hybridized carbons (Fsp3) is 0.478. The van der Waals surface area contributed by atoms with Gasteiger partial charge in [0.25, 0.3) is 5.91 Å². The standard InChI is InChI=1S/C23H30N2O6/c26-19-14-17-13-18(24-31-16-21(28)25-10-6-4-7-11-25)9-5-2-1-3-8-12-30-23(29)22(17)20(27)15-19/h3,8,13-15,24,26-27H,1-2,4-7,9-12,16H2/b8-3?,18-13-. The van der Waals surface area contributed by atoms with Crippen LogP contribution in [0.15, 0.2) is 30.0 Å². The van der Waals surface area contributed by atoms with E-state index in [-0.39, 0.29) is 36.2 Å². The van der Waals surface area contributed by atoms with Crippen molar-refractivity contribution in [3.05, 3.63) is 41.1 Å². The number of hydroxylamine groups is 1. The van der Waals surface area contributed by atoms with Crippen LogP contribution in [0.5, 0.6) is 11.5 Å². The van der Waals surface area contributed by atoms with E-state index >= 15 is 0 Å². The molecule has 0 aromatic heterocycles. The van der Waals surface area contributed by atoms with Gasteiger partial charge in [0.15, 0.2) is 6.61 Å². The highest BCUT2D eigenvalue weighted by Crippen LogP contribution is 2.30. The number of hydrogen-bond donors (Lipinski definition) is 3. The highest BCUT2D eigenvalue weighted by atomic mass is 16.6. The molecule has 1 aromatic carbocycles. The Morgan fingerprint density at radius 3 is 2.71 bits per heavy atom. The van der Waals surface area contributed by atoms with E-state index in [0.29, 0.717) is 17.7 Å². The number of ether oxygens (including phenoxy) is 1. The van der Waals surface area contributed by atoms with Gasteiger partial charge in [0.05, 0.1) is 0 Å². The molecule has 1 amide bonds. The molecule has 31 heavy (non-hydrogen) atoms. The molecule has 0 bridgehead atoms. The normalized spacial score (nSPS) is 19.7. The van der Waals surface area contributed by atoms with Gasteiger partial charge in [-0.1, -0.05) is 12.2 Å². The minimum Gasteiger partial charge on any atom is -0.508 e. The quantitative estimate of drug-likeness (QED) is 0.382. The number of carbonyl (C=O) groups excluding carboxylic acids is 2. The molecule has 2 heterocycles. The molecule has 3 rings (SSSR count). The number of fused-ring (bicyclic) bond motifs is 1. The van der Waals surface area contributed by atoms with E-state index < -0.39 is 5.97 Å². The van der Waals surface area contributed by atoms with Crippen LogP contribution in [0.25, 0.3) is 6.08 Å². The number of nitrogens with zero attached hydrogens (tertiary/aromatic N) is 1. The maximum Gasteiger partial charge on any atom is 0.342 e. The van der Waals surface area contributed by atoms with E-state index in [1.807, 2.05) is 6.08 Å². The van der Waals surface area contributed by atoms with Gasteiger partial charge in [-0.2, -0.15) is 0 Å². The van der Waals surface area contributed by atoms with Gasteiger partial charge >= 0.3 is 5.97 Å². The molecule has 1 saturated heterocycles. The summed E-state index contributed by atoms with van der Waals surface area (Å²) in [6.07, 6.45) is 11.8. The van der Waals surface area contributed by atoms with E-state index in [4.69, 9.17) is 9.57 Å². The van der Waals surface area contributed by atoms with Gasteiger partial charge in [0.2, 0.25) is 0 Å². The predicted molar refractivity (Wildman–Crippen MR) is 115 cm³/mol. The maximum absolute atomic E-state index is 12.5. The van der Waals surface area contributed by atoms with Crippen molar-refractivity contribution in [2.75, 3.05) is 26.3 Å². The van der Waals surface area contributed by atoms with Gasteiger partial charge in [-0.25, -0.2) is 4.79 Å². The first-order valence-electron chi connectivity index (χ1n) is 10.8. The largest absolute Gasteiger partial charge is 0.508 e. The van der Waals surface area contributed by atoms with E-state index in [1.54, 1.807) is 17.1 Å². The number of carbonyl (C=O) groups is 2. The zero-order valence-corrected chi connectivity index (χ0v) is 17.6. The fourth-order valence-electron chi connectivity index (χ4n) is 3.69. The maximum atomic E-state index is 12.5. The fourth-order valence-corrected chi connectivity index (χ4v) is 3.69. The summed E-state index contributed by atoms with van der Waals surface area (Å²) in [5.74, 6) is -1.30. The van der Waals surface area contributed by atoms with E-state index in [0.717, 1.165) is 57.7 Å². The predicted octanol–water partition coefficient (Wildman–Crippen LogP) is 3.26. The lowest BCUT2D eigenvalue weighted by molar-refractivity contribution is -0.139. The topological polar surface area (TPSA) is 108 Å².